The second kappa shape index (κ2) is 18.3. The first-order valence-corrected chi connectivity index (χ1v) is 27.5. The van der Waals surface area contributed by atoms with Gasteiger partial charge in [0.1, 0.15) is 34.5 Å². The molecular weight excluding hydrogens is 1050 g/mol. The van der Waals surface area contributed by atoms with Gasteiger partial charge in [0.05, 0.1) is 24.5 Å². The number of benzene rings is 6. The Bertz CT molecular complexity index is 3570. The average molecular weight is 1090 g/mol. The van der Waals surface area contributed by atoms with Gasteiger partial charge in [-0.3, -0.25) is 22.8 Å². The molecule has 0 unspecified atom stereocenters. The van der Waals surface area contributed by atoms with E-state index < -0.39 is 193 Å². The predicted molar refractivity (Wildman–Crippen MR) is 243 cm³/mol. The Morgan fingerprint density at radius 2 is 0.400 bits per heavy atom. The van der Waals surface area contributed by atoms with Gasteiger partial charge in [-0.15, -0.1) is 0 Å². The van der Waals surface area contributed by atoms with Crippen LogP contribution in [0.5, 0.6) is 34.5 Å². The van der Waals surface area contributed by atoms with Gasteiger partial charge in [-0.2, -0.15) is 42.1 Å². The Kier molecular flexibility index (Phi) is 13.5. The molecule has 0 heterocycles. The van der Waals surface area contributed by atoms with Crippen LogP contribution in [0.2, 0.25) is 0 Å². The zero-order chi connectivity index (χ0) is 51.8. The lowest BCUT2D eigenvalue weighted by Crippen LogP contribution is -2.07. The highest BCUT2D eigenvalue weighted by Crippen LogP contribution is 2.42. The number of phenols is 6. The van der Waals surface area contributed by atoms with Crippen molar-refractivity contribution in [3.05, 3.63) is 140 Å². The van der Waals surface area contributed by atoms with E-state index in [9.17, 15) is 100 Å². The van der Waals surface area contributed by atoms with Gasteiger partial charge in [-0.1, -0.05) is 0 Å². The second-order valence-electron chi connectivity index (χ2n) is 16.1. The molecule has 0 saturated heterocycles. The van der Waals surface area contributed by atoms with E-state index in [4.69, 9.17) is 0 Å². The minimum atomic E-state index is -5.24. The molecule has 70 heavy (non-hydrogen) atoms. The molecule has 0 fully saturated rings. The number of rotatable bonds is 6. The monoisotopic (exact) mass is 1080 g/mol. The summed E-state index contributed by atoms with van der Waals surface area (Å²) in [7, 11) is -26.0. The highest BCUT2D eigenvalue weighted by Gasteiger charge is 2.28. The molecule has 6 aromatic carbocycles. The highest BCUT2D eigenvalue weighted by molar-refractivity contribution is 7.93. The summed E-state index contributed by atoms with van der Waals surface area (Å²) in [4.78, 5) is -4.65. The van der Waals surface area contributed by atoms with Crippen LogP contribution < -0.4 is 0 Å². The fourth-order valence-electron chi connectivity index (χ4n) is 8.01. The van der Waals surface area contributed by atoms with Crippen molar-refractivity contribution >= 4 is 62.6 Å². The van der Waals surface area contributed by atoms with Crippen LogP contribution >= 0.6 is 12.0 Å². The van der Waals surface area contributed by atoms with E-state index in [0.717, 1.165) is 24.3 Å². The standard InChI is InChI=1S/C42H36O22S6/c43-37-19-1-21-9-32(66(50,51)52)11-23(38(21)44)3-25-13-34(68(56,57)58)15-27(40(25)46)5-29-17-36(70(62,63)64)18-30(42(29)48)6-28-16-35(69(59,60)61)14-26(41(28)47)4-24-12-33(67(53,54)55)10-22(39(24)45)2-20(37)8-31(7-19)65-49/h7-18,43-49H,1-6H2,(H,50,51,52)(H,53,54,55)(H,56,57,58)(H,59,60,61)(H,62,63,64). The molecule has 12 bridgehead atoms. The van der Waals surface area contributed by atoms with Gasteiger partial charge in [0, 0.05) is 111 Å². The van der Waals surface area contributed by atoms with Crippen molar-refractivity contribution < 1.29 is 100 Å². The van der Waals surface area contributed by atoms with Crippen molar-refractivity contribution in [3.8, 4) is 34.5 Å². The first kappa shape index (κ1) is 51.8. The largest absolute Gasteiger partial charge is 0.507 e. The Balaban J connectivity index is 1.58. The van der Waals surface area contributed by atoms with Crippen molar-refractivity contribution in [2.45, 2.75) is 67.9 Å². The van der Waals surface area contributed by atoms with Crippen LogP contribution in [0.1, 0.15) is 66.8 Å². The molecule has 1 aliphatic rings. The fraction of sp³-hybridized carbons (Fsp3) is 0.143. The SMILES string of the molecule is O=S(=O)(O)c1cc2c(O)c(c1)Cc1cc(S(=O)(=O)O)cc(c1O)Cc1cc(S(=O)(=O)O)cc(c1O)Cc1cc(S(=O)(=O)O)cc(c1O)Cc1cc(S(=O)(=O)O)cc(c1O)Cc1cc(SO)cc(c1O)C2. The summed E-state index contributed by atoms with van der Waals surface area (Å²) in [5, 5.41) is 69.9. The number of hydrogen-bond acceptors (Lipinski definition) is 18. The first-order chi connectivity index (χ1) is 32.2. The summed E-state index contributed by atoms with van der Waals surface area (Å²) in [6, 6.07) is 9.51. The third-order valence-electron chi connectivity index (χ3n) is 11.3. The van der Waals surface area contributed by atoms with Crippen molar-refractivity contribution in [2.75, 3.05) is 0 Å². The van der Waals surface area contributed by atoms with E-state index in [-0.39, 0.29) is 39.2 Å². The number of hydrogen-bond donors (Lipinski definition) is 12. The molecular formula is C42H36O22S6. The van der Waals surface area contributed by atoms with Crippen LogP contribution in [0.4, 0.5) is 0 Å². The van der Waals surface area contributed by atoms with Crippen LogP contribution in [-0.2, 0) is 89.1 Å². The van der Waals surface area contributed by atoms with E-state index in [0.29, 0.717) is 36.4 Å². The number of aromatic hydroxyl groups is 6. The summed E-state index contributed by atoms with van der Waals surface area (Å²) < 4.78 is 187. The van der Waals surface area contributed by atoms with Crippen molar-refractivity contribution in [3.63, 3.8) is 0 Å². The molecule has 1 aliphatic carbocycles. The summed E-state index contributed by atoms with van der Waals surface area (Å²) in [6.45, 7) is 0. The van der Waals surface area contributed by atoms with Crippen LogP contribution in [-0.4, -0.2) is 100 Å². The van der Waals surface area contributed by atoms with Crippen molar-refractivity contribution in [1.82, 2.24) is 0 Å². The Morgan fingerprint density at radius 1 is 0.271 bits per heavy atom. The van der Waals surface area contributed by atoms with Gasteiger partial charge in [0.15, 0.2) is 0 Å². The smallest absolute Gasteiger partial charge is 0.294 e. The van der Waals surface area contributed by atoms with E-state index in [1.807, 2.05) is 0 Å². The number of fused-ring (bicyclic) bond motifs is 12. The van der Waals surface area contributed by atoms with Crippen LogP contribution in [0.15, 0.2) is 102 Å². The average Bonchev–Trinajstić information content (AvgIpc) is 3.23. The third-order valence-corrected chi connectivity index (χ3v) is 15.9. The number of phenolic OH excluding ortho intramolecular Hbond substituents is 6. The zero-order valence-corrected chi connectivity index (χ0v) is 40.0. The van der Waals surface area contributed by atoms with Crippen LogP contribution in [0.25, 0.3) is 0 Å². The lowest BCUT2D eigenvalue weighted by atomic mass is 9.91. The Morgan fingerprint density at radius 3 is 0.514 bits per heavy atom. The van der Waals surface area contributed by atoms with Gasteiger partial charge in [-0.25, -0.2) is 0 Å². The summed E-state index contributed by atoms with van der Waals surface area (Å²) >= 11 is 0.120. The Hall–Kier alpha value is -6.02. The molecule has 372 valence electrons. The van der Waals surface area contributed by atoms with Gasteiger partial charge >= 0.3 is 0 Å². The summed E-state index contributed by atoms with van der Waals surface area (Å²) in [5.41, 5.74) is -5.14. The van der Waals surface area contributed by atoms with Crippen LogP contribution in [0.3, 0.4) is 0 Å². The topological polar surface area (TPSA) is 413 Å². The minimum Gasteiger partial charge on any atom is -0.507 e. The lowest BCUT2D eigenvalue weighted by Gasteiger charge is -2.19. The predicted octanol–water partition coefficient (Wildman–Crippen LogP) is 4.58. The second-order valence-corrected chi connectivity index (χ2v) is 23.8. The molecule has 22 nitrogen and oxygen atoms in total. The molecule has 12 N–H and O–H groups in total. The zero-order valence-electron chi connectivity index (χ0n) is 35.1. The van der Waals surface area contributed by atoms with Crippen molar-refractivity contribution in [1.29, 1.82) is 0 Å². The molecule has 7 rings (SSSR count). The highest BCUT2D eigenvalue weighted by atomic mass is 32.2. The summed E-state index contributed by atoms with van der Waals surface area (Å²) in [5.74, 6) is -4.84. The Labute approximate surface area is 402 Å². The minimum absolute atomic E-state index is 0.0425. The van der Waals surface area contributed by atoms with E-state index in [1.165, 1.54) is 12.1 Å². The molecule has 0 aliphatic heterocycles. The van der Waals surface area contributed by atoms with E-state index >= 15 is 0 Å². The normalized spacial score (nSPS) is 13.9. The van der Waals surface area contributed by atoms with E-state index in [2.05, 4.69) is 0 Å². The maximum atomic E-state index is 12.6. The quantitative estimate of drug-likeness (QED) is 0.0801. The first-order valence-electron chi connectivity index (χ1n) is 19.5. The van der Waals surface area contributed by atoms with Gasteiger partial charge in [0.2, 0.25) is 0 Å². The lowest BCUT2D eigenvalue weighted by molar-refractivity contribution is 0.450. The molecule has 0 saturated carbocycles. The van der Waals surface area contributed by atoms with Gasteiger partial charge in [-0.05, 0) is 83.9 Å². The van der Waals surface area contributed by atoms with Crippen LogP contribution in [0, 0.1) is 0 Å². The van der Waals surface area contributed by atoms with Gasteiger partial charge < -0.3 is 35.2 Å². The molecule has 0 atom stereocenters. The fourth-order valence-corrected chi connectivity index (χ4v) is 11.3. The maximum absolute atomic E-state index is 12.6. The molecule has 28 heteroatoms. The molecule has 0 amide bonds. The molecule has 0 aromatic heterocycles. The molecule has 0 spiro atoms. The molecule has 6 aromatic rings. The van der Waals surface area contributed by atoms with Crippen molar-refractivity contribution in [2.24, 2.45) is 0 Å². The third kappa shape index (κ3) is 10.8. The molecule has 0 radical (unpaired) electrons. The van der Waals surface area contributed by atoms with E-state index in [1.54, 1.807) is 0 Å². The maximum Gasteiger partial charge on any atom is 0.294 e. The van der Waals surface area contributed by atoms with Gasteiger partial charge in [0.25, 0.3) is 50.6 Å². The summed E-state index contributed by atoms with van der Waals surface area (Å²) in [6.07, 6.45) is -4.71.